The molecule has 1 aromatic carbocycles. The van der Waals surface area contributed by atoms with Crippen LogP contribution in [0.3, 0.4) is 0 Å². The third-order valence-corrected chi connectivity index (χ3v) is 4.97. The number of rotatable bonds is 5. The number of nitrogens with zero attached hydrogens (tertiary/aromatic N) is 3. The monoisotopic (exact) mass is 472 g/mol. The highest BCUT2D eigenvalue weighted by Gasteiger charge is 2.41. The first-order valence-electron chi connectivity index (χ1n) is 9.30. The van der Waals surface area contributed by atoms with Gasteiger partial charge in [-0.3, -0.25) is 19.3 Å². The molecule has 0 radical (unpaired) electrons. The summed E-state index contributed by atoms with van der Waals surface area (Å²) in [7, 11) is 0. The normalized spacial score (nSPS) is 17.0. The largest absolute Gasteiger partial charge is 0.416 e. The minimum atomic E-state index is -4.51. The quantitative estimate of drug-likeness (QED) is 0.678. The van der Waals surface area contributed by atoms with Gasteiger partial charge in [0.25, 0.3) is 5.91 Å². The van der Waals surface area contributed by atoms with Crippen LogP contribution in [0.5, 0.6) is 0 Å². The average molecular weight is 473 g/mol. The Hall–Kier alpha value is -3.21. The lowest BCUT2D eigenvalue weighted by atomic mass is 10.1. The Labute approximate surface area is 185 Å². The lowest BCUT2D eigenvalue weighted by Gasteiger charge is -2.40. The van der Waals surface area contributed by atoms with Gasteiger partial charge in [0.1, 0.15) is 12.6 Å². The Balaban J connectivity index is 1.89. The van der Waals surface area contributed by atoms with Crippen molar-refractivity contribution >= 4 is 35.1 Å². The molecule has 1 fully saturated rings. The smallest absolute Gasteiger partial charge is 0.354 e. The Morgan fingerprint density at radius 1 is 1.25 bits per heavy atom. The lowest BCUT2D eigenvalue weighted by Crippen LogP contribution is -2.63. The third kappa shape index (κ3) is 5.16. The van der Waals surface area contributed by atoms with Gasteiger partial charge in [0.05, 0.1) is 10.6 Å². The molecular formula is C20H17ClF4N4O3. The van der Waals surface area contributed by atoms with E-state index in [2.05, 4.69) is 10.3 Å². The summed E-state index contributed by atoms with van der Waals surface area (Å²) in [4.78, 5) is 43.1. The highest BCUT2D eigenvalue weighted by molar-refractivity contribution is 6.30. The van der Waals surface area contributed by atoms with E-state index in [4.69, 9.17) is 11.6 Å². The number of pyridine rings is 1. The molecule has 1 atom stereocenters. The number of hydrogen-bond donors (Lipinski definition) is 1. The van der Waals surface area contributed by atoms with Crippen LogP contribution < -0.4 is 10.2 Å². The van der Waals surface area contributed by atoms with Gasteiger partial charge < -0.3 is 10.2 Å². The molecule has 0 saturated carbocycles. The van der Waals surface area contributed by atoms with Crippen molar-refractivity contribution in [1.82, 2.24) is 15.2 Å². The molecule has 170 valence electrons. The van der Waals surface area contributed by atoms with E-state index in [1.165, 1.54) is 19.1 Å². The standard InChI is InChI=1S/C20H17ClF4N4O3/c1-11(30)26-8-16-19(32)29(18-15(22)6-14(21)7-27-18)10-17(31)28(16)9-12-2-4-13(5-3-12)20(23,24)25/h2-7,16H,8-10H2,1H3,(H,26,30)/t16-/m0/s1. The molecule has 1 aliphatic heterocycles. The van der Waals surface area contributed by atoms with Crippen molar-refractivity contribution in [3.05, 3.63) is 58.5 Å². The predicted molar refractivity (Wildman–Crippen MR) is 106 cm³/mol. The fourth-order valence-electron chi connectivity index (χ4n) is 3.21. The van der Waals surface area contributed by atoms with Crippen molar-refractivity contribution < 1.29 is 31.9 Å². The number of benzene rings is 1. The Morgan fingerprint density at radius 3 is 2.47 bits per heavy atom. The van der Waals surface area contributed by atoms with Crippen LogP contribution in [0.4, 0.5) is 23.4 Å². The van der Waals surface area contributed by atoms with E-state index < -0.39 is 53.7 Å². The number of hydrogen-bond acceptors (Lipinski definition) is 4. The molecule has 0 aliphatic carbocycles. The van der Waals surface area contributed by atoms with E-state index in [-0.39, 0.29) is 18.1 Å². The van der Waals surface area contributed by atoms with Crippen LogP contribution >= 0.6 is 11.6 Å². The van der Waals surface area contributed by atoms with Crippen molar-refractivity contribution in [2.45, 2.75) is 25.7 Å². The van der Waals surface area contributed by atoms with Crippen LogP contribution in [0, 0.1) is 5.82 Å². The number of carbonyl (C=O) groups is 3. The third-order valence-electron chi connectivity index (χ3n) is 4.76. The number of alkyl halides is 3. The summed E-state index contributed by atoms with van der Waals surface area (Å²) in [6.07, 6.45) is -3.39. The molecule has 0 bridgehead atoms. The molecule has 2 aromatic rings. The van der Waals surface area contributed by atoms with Crippen LogP contribution in [0.1, 0.15) is 18.1 Å². The SMILES string of the molecule is CC(=O)NC[C@H]1C(=O)N(c2ncc(Cl)cc2F)CC(=O)N1Cc1ccc(C(F)(F)F)cc1. The van der Waals surface area contributed by atoms with E-state index in [0.29, 0.717) is 5.56 Å². The van der Waals surface area contributed by atoms with Gasteiger partial charge in [-0.1, -0.05) is 23.7 Å². The summed E-state index contributed by atoms with van der Waals surface area (Å²) >= 11 is 5.69. The number of anilines is 1. The fraction of sp³-hybridized carbons (Fsp3) is 0.300. The fourth-order valence-corrected chi connectivity index (χ4v) is 3.35. The van der Waals surface area contributed by atoms with E-state index in [0.717, 1.165) is 34.2 Å². The van der Waals surface area contributed by atoms with E-state index in [9.17, 15) is 31.9 Å². The van der Waals surface area contributed by atoms with E-state index in [1.807, 2.05) is 0 Å². The highest BCUT2D eigenvalue weighted by atomic mass is 35.5. The van der Waals surface area contributed by atoms with E-state index >= 15 is 0 Å². The Kier molecular flexibility index (Phi) is 6.68. The van der Waals surface area contributed by atoms with Crippen LogP contribution in [0.2, 0.25) is 5.02 Å². The molecule has 2 heterocycles. The Bertz CT molecular complexity index is 1050. The number of carbonyl (C=O) groups excluding carboxylic acids is 3. The molecule has 1 aromatic heterocycles. The van der Waals surface area contributed by atoms with Crippen LogP contribution in [0.15, 0.2) is 36.5 Å². The maximum Gasteiger partial charge on any atom is 0.416 e. The van der Waals surface area contributed by atoms with Gasteiger partial charge in [-0.2, -0.15) is 13.2 Å². The van der Waals surface area contributed by atoms with Crippen LogP contribution in [0.25, 0.3) is 0 Å². The summed E-state index contributed by atoms with van der Waals surface area (Å²) in [5, 5.41) is 2.44. The minimum absolute atomic E-state index is 0.000705. The topological polar surface area (TPSA) is 82.6 Å². The van der Waals surface area contributed by atoms with Crippen molar-refractivity contribution in [2.24, 2.45) is 0 Å². The van der Waals surface area contributed by atoms with Gasteiger partial charge in [0, 0.05) is 26.2 Å². The van der Waals surface area contributed by atoms with Crippen molar-refractivity contribution in [2.75, 3.05) is 18.0 Å². The van der Waals surface area contributed by atoms with Gasteiger partial charge >= 0.3 is 6.18 Å². The van der Waals surface area contributed by atoms with Crippen LogP contribution in [-0.2, 0) is 27.1 Å². The maximum atomic E-state index is 14.3. The van der Waals surface area contributed by atoms with Gasteiger partial charge in [0.2, 0.25) is 11.8 Å². The molecule has 1 aliphatic rings. The minimum Gasteiger partial charge on any atom is -0.354 e. The lowest BCUT2D eigenvalue weighted by molar-refractivity contribution is -0.144. The first-order valence-corrected chi connectivity index (χ1v) is 9.67. The first kappa shape index (κ1) is 23.5. The van der Waals surface area contributed by atoms with Crippen molar-refractivity contribution in [3.63, 3.8) is 0 Å². The Morgan fingerprint density at radius 2 is 1.91 bits per heavy atom. The van der Waals surface area contributed by atoms with Crippen molar-refractivity contribution in [1.29, 1.82) is 0 Å². The summed E-state index contributed by atoms with van der Waals surface area (Å²) in [6.45, 7) is 0.221. The van der Waals surface area contributed by atoms with E-state index in [1.54, 1.807) is 0 Å². The number of nitrogens with one attached hydrogen (secondary N) is 1. The zero-order chi connectivity index (χ0) is 23.6. The molecule has 12 heteroatoms. The first-order chi connectivity index (χ1) is 15.0. The second-order valence-corrected chi connectivity index (χ2v) is 7.49. The molecule has 1 saturated heterocycles. The molecule has 32 heavy (non-hydrogen) atoms. The van der Waals surface area contributed by atoms with Gasteiger partial charge in [0.15, 0.2) is 11.6 Å². The number of halogens is 5. The van der Waals surface area contributed by atoms with Crippen molar-refractivity contribution in [3.8, 4) is 0 Å². The average Bonchev–Trinajstić information content (AvgIpc) is 2.70. The number of aromatic nitrogens is 1. The van der Waals surface area contributed by atoms with Gasteiger partial charge in [-0.05, 0) is 23.8 Å². The second-order valence-electron chi connectivity index (χ2n) is 7.05. The maximum absolute atomic E-state index is 14.3. The van der Waals surface area contributed by atoms with Gasteiger partial charge in [-0.25, -0.2) is 9.37 Å². The summed E-state index contributed by atoms with van der Waals surface area (Å²) < 4.78 is 52.7. The summed E-state index contributed by atoms with van der Waals surface area (Å²) in [5.74, 6) is -3.08. The van der Waals surface area contributed by atoms with Crippen LogP contribution in [-0.4, -0.2) is 46.7 Å². The number of amides is 3. The summed E-state index contributed by atoms with van der Waals surface area (Å²) in [6, 6.07) is 3.85. The van der Waals surface area contributed by atoms with Gasteiger partial charge in [-0.15, -0.1) is 0 Å². The zero-order valence-electron chi connectivity index (χ0n) is 16.6. The predicted octanol–water partition coefficient (Wildman–Crippen LogP) is 2.77. The molecule has 7 nitrogen and oxygen atoms in total. The molecule has 0 spiro atoms. The molecule has 0 unspecified atom stereocenters. The molecule has 1 N–H and O–H groups in total. The second kappa shape index (κ2) is 9.11. The highest BCUT2D eigenvalue weighted by Crippen LogP contribution is 2.30. The summed E-state index contributed by atoms with van der Waals surface area (Å²) in [5.41, 5.74) is -0.510. The molecular weight excluding hydrogens is 456 g/mol. The zero-order valence-corrected chi connectivity index (χ0v) is 17.4. The number of piperazine rings is 1. The molecule has 3 rings (SSSR count). The molecule has 3 amide bonds.